The first kappa shape index (κ1) is 11.9. The molecule has 19 heavy (non-hydrogen) atoms. The quantitative estimate of drug-likeness (QED) is 0.759. The first-order chi connectivity index (χ1) is 9.25. The maximum absolute atomic E-state index is 5.74. The number of nitrogen functional groups attached to an aromatic ring is 1. The van der Waals surface area contributed by atoms with E-state index in [0.717, 1.165) is 16.5 Å². The van der Waals surface area contributed by atoms with E-state index in [-0.39, 0.29) is 0 Å². The maximum Gasteiger partial charge on any atom is 0.150 e. The lowest BCUT2D eigenvalue weighted by molar-refractivity contribution is 1.16. The van der Waals surface area contributed by atoms with Crippen LogP contribution in [0.15, 0.2) is 47.5 Å². The molecule has 94 valence electrons. The predicted octanol–water partition coefficient (Wildman–Crippen LogP) is 3.11. The van der Waals surface area contributed by atoms with E-state index in [2.05, 4.69) is 36.2 Å². The van der Waals surface area contributed by atoms with E-state index in [9.17, 15) is 0 Å². The highest BCUT2D eigenvalue weighted by atomic mass is 79.9. The summed E-state index contributed by atoms with van der Waals surface area (Å²) in [5.41, 5.74) is 6.66. The molecular formula is C13H10BrN5. The van der Waals surface area contributed by atoms with E-state index in [1.165, 1.54) is 6.33 Å². The van der Waals surface area contributed by atoms with E-state index in [1.807, 2.05) is 30.5 Å². The summed E-state index contributed by atoms with van der Waals surface area (Å²) in [5.74, 6) is 1.03. The normalized spacial score (nSPS) is 10.6. The fourth-order valence-corrected chi connectivity index (χ4v) is 2.12. The van der Waals surface area contributed by atoms with Crippen molar-refractivity contribution >= 4 is 44.0 Å². The fraction of sp³-hybridized carbons (Fsp3) is 0. The molecule has 3 rings (SSSR count). The predicted molar refractivity (Wildman–Crippen MR) is 79.2 cm³/mol. The molecule has 2 aromatic heterocycles. The monoisotopic (exact) mass is 315 g/mol. The summed E-state index contributed by atoms with van der Waals surface area (Å²) in [6.07, 6.45) is 5.01. The van der Waals surface area contributed by atoms with Gasteiger partial charge in [-0.1, -0.05) is 12.1 Å². The molecule has 0 atom stereocenters. The van der Waals surface area contributed by atoms with E-state index < -0.39 is 0 Å². The number of benzene rings is 1. The van der Waals surface area contributed by atoms with Crippen molar-refractivity contribution in [3.05, 3.63) is 47.5 Å². The Morgan fingerprint density at radius 3 is 2.95 bits per heavy atom. The first-order valence-corrected chi connectivity index (χ1v) is 6.41. The highest BCUT2D eigenvalue weighted by molar-refractivity contribution is 9.10. The number of rotatable bonds is 2. The Kier molecular flexibility index (Phi) is 3.00. The fourth-order valence-electron chi connectivity index (χ4n) is 1.82. The number of hydrogen-bond donors (Lipinski definition) is 2. The lowest BCUT2D eigenvalue weighted by Crippen LogP contribution is -2.00. The number of hydrogen-bond acceptors (Lipinski definition) is 5. The Morgan fingerprint density at radius 2 is 2.05 bits per heavy atom. The van der Waals surface area contributed by atoms with Gasteiger partial charge in [-0.3, -0.25) is 4.98 Å². The largest absolute Gasteiger partial charge is 0.383 e. The van der Waals surface area contributed by atoms with Gasteiger partial charge in [0.05, 0.1) is 0 Å². The second-order valence-corrected chi connectivity index (χ2v) is 4.74. The lowest BCUT2D eigenvalue weighted by atomic mass is 10.1. The zero-order valence-corrected chi connectivity index (χ0v) is 11.4. The molecular weight excluding hydrogens is 306 g/mol. The molecule has 5 nitrogen and oxygen atoms in total. The molecule has 0 spiro atoms. The van der Waals surface area contributed by atoms with E-state index in [0.29, 0.717) is 16.1 Å². The number of fused-ring (bicyclic) bond motifs is 1. The Hall–Kier alpha value is -2.21. The summed E-state index contributed by atoms with van der Waals surface area (Å²) in [6, 6.07) is 7.94. The van der Waals surface area contributed by atoms with Crippen LogP contribution in [0, 0.1) is 0 Å². The third-order valence-electron chi connectivity index (χ3n) is 2.75. The van der Waals surface area contributed by atoms with Crippen molar-refractivity contribution < 1.29 is 0 Å². The molecule has 1 aromatic carbocycles. The lowest BCUT2D eigenvalue weighted by Gasteiger charge is -2.10. The summed E-state index contributed by atoms with van der Waals surface area (Å²) in [7, 11) is 0. The Morgan fingerprint density at radius 1 is 1.16 bits per heavy atom. The van der Waals surface area contributed by atoms with Crippen molar-refractivity contribution in [1.29, 1.82) is 0 Å². The minimum atomic E-state index is 0.399. The molecule has 0 aliphatic heterocycles. The summed E-state index contributed by atoms with van der Waals surface area (Å²) in [5, 5.41) is 5.37. The Balaban J connectivity index is 2.09. The van der Waals surface area contributed by atoms with Crippen LogP contribution < -0.4 is 11.1 Å². The van der Waals surface area contributed by atoms with Gasteiger partial charge in [-0.2, -0.15) is 0 Å². The zero-order chi connectivity index (χ0) is 13.2. The van der Waals surface area contributed by atoms with Crippen molar-refractivity contribution in [2.45, 2.75) is 0 Å². The Bertz CT molecular complexity index is 739. The molecule has 0 saturated heterocycles. The molecule has 2 heterocycles. The summed E-state index contributed by atoms with van der Waals surface area (Å²) in [6.45, 7) is 0. The van der Waals surface area contributed by atoms with E-state index >= 15 is 0 Å². The van der Waals surface area contributed by atoms with Crippen LogP contribution in [0.4, 0.5) is 17.3 Å². The minimum Gasteiger partial charge on any atom is -0.383 e. The van der Waals surface area contributed by atoms with Crippen molar-refractivity contribution in [2.24, 2.45) is 0 Å². The highest BCUT2D eigenvalue weighted by Gasteiger charge is 2.08. The molecule has 0 aliphatic carbocycles. The molecule has 0 amide bonds. The van der Waals surface area contributed by atoms with E-state index in [4.69, 9.17) is 5.73 Å². The van der Waals surface area contributed by atoms with Crippen LogP contribution in [0.25, 0.3) is 10.8 Å². The number of nitrogens with one attached hydrogen (secondary N) is 1. The smallest absolute Gasteiger partial charge is 0.150 e. The van der Waals surface area contributed by atoms with Crippen molar-refractivity contribution in [2.75, 3.05) is 11.1 Å². The average molecular weight is 316 g/mol. The van der Waals surface area contributed by atoms with Crippen LogP contribution in [-0.4, -0.2) is 15.0 Å². The number of nitrogens with two attached hydrogens (primary N) is 1. The van der Waals surface area contributed by atoms with Crippen LogP contribution in [0.1, 0.15) is 0 Å². The SMILES string of the molecule is Nc1ncnc(Nc2cccc3ccncc23)c1Br. The topological polar surface area (TPSA) is 76.7 Å². The van der Waals surface area contributed by atoms with Gasteiger partial charge in [0.15, 0.2) is 0 Å². The van der Waals surface area contributed by atoms with Gasteiger partial charge in [-0.15, -0.1) is 0 Å². The average Bonchev–Trinajstić information content (AvgIpc) is 2.44. The molecule has 6 heteroatoms. The molecule has 0 fully saturated rings. The number of halogens is 1. The minimum absolute atomic E-state index is 0.399. The van der Waals surface area contributed by atoms with Gasteiger partial charge in [-0.05, 0) is 33.4 Å². The van der Waals surface area contributed by atoms with Crippen LogP contribution in [0.5, 0.6) is 0 Å². The standard InChI is InChI=1S/C13H10BrN5/c14-11-12(15)17-7-18-13(11)19-10-3-1-2-8-4-5-16-6-9(8)10/h1-7H,(H3,15,17,18,19). The number of anilines is 3. The van der Waals surface area contributed by atoms with Gasteiger partial charge in [0.2, 0.25) is 0 Å². The van der Waals surface area contributed by atoms with Gasteiger partial charge in [0, 0.05) is 23.5 Å². The Labute approximate surface area is 118 Å². The maximum atomic E-state index is 5.74. The first-order valence-electron chi connectivity index (χ1n) is 5.61. The van der Waals surface area contributed by atoms with Crippen LogP contribution in [0.3, 0.4) is 0 Å². The van der Waals surface area contributed by atoms with Crippen molar-refractivity contribution in [3.63, 3.8) is 0 Å². The number of pyridine rings is 1. The molecule has 3 aromatic rings. The van der Waals surface area contributed by atoms with Crippen LogP contribution in [-0.2, 0) is 0 Å². The third-order valence-corrected chi connectivity index (χ3v) is 3.53. The number of nitrogens with zero attached hydrogens (tertiary/aromatic N) is 3. The van der Waals surface area contributed by atoms with Gasteiger partial charge >= 0.3 is 0 Å². The summed E-state index contributed by atoms with van der Waals surface area (Å²) in [4.78, 5) is 12.2. The molecule has 0 saturated carbocycles. The number of aromatic nitrogens is 3. The molecule has 3 N–H and O–H groups in total. The second-order valence-electron chi connectivity index (χ2n) is 3.95. The third kappa shape index (κ3) is 2.22. The van der Waals surface area contributed by atoms with Crippen molar-refractivity contribution in [3.8, 4) is 0 Å². The molecule has 0 bridgehead atoms. The van der Waals surface area contributed by atoms with Gasteiger partial charge in [0.1, 0.15) is 22.4 Å². The van der Waals surface area contributed by atoms with Gasteiger partial charge in [0.25, 0.3) is 0 Å². The van der Waals surface area contributed by atoms with Crippen molar-refractivity contribution in [1.82, 2.24) is 15.0 Å². The molecule has 0 unspecified atom stereocenters. The van der Waals surface area contributed by atoms with E-state index in [1.54, 1.807) is 6.20 Å². The summed E-state index contributed by atoms with van der Waals surface area (Å²) < 4.78 is 0.649. The summed E-state index contributed by atoms with van der Waals surface area (Å²) >= 11 is 3.37. The zero-order valence-electron chi connectivity index (χ0n) is 9.84. The van der Waals surface area contributed by atoms with Crippen LogP contribution >= 0.6 is 15.9 Å². The molecule has 0 radical (unpaired) electrons. The van der Waals surface area contributed by atoms with Crippen LogP contribution in [0.2, 0.25) is 0 Å². The molecule has 0 aliphatic rings. The second kappa shape index (κ2) is 4.81. The van der Waals surface area contributed by atoms with Gasteiger partial charge in [-0.25, -0.2) is 9.97 Å². The van der Waals surface area contributed by atoms with Gasteiger partial charge < -0.3 is 11.1 Å². The highest BCUT2D eigenvalue weighted by Crippen LogP contribution is 2.30.